The third-order valence-electron chi connectivity index (χ3n) is 2.48. The fourth-order valence-corrected chi connectivity index (χ4v) is 1.65. The lowest BCUT2D eigenvalue weighted by Crippen LogP contribution is -2.27. The van der Waals surface area contributed by atoms with Gasteiger partial charge in [0.1, 0.15) is 5.69 Å². The summed E-state index contributed by atoms with van der Waals surface area (Å²) in [5.74, 6) is -0.301. The summed E-state index contributed by atoms with van der Waals surface area (Å²) >= 11 is 0. The van der Waals surface area contributed by atoms with Crippen LogP contribution >= 0.6 is 0 Å². The van der Waals surface area contributed by atoms with Crippen molar-refractivity contribution < 1.29 is 9.72 Å². The van der Waals surface area contributed by atoms with Crippen LogP contribution in [0.25, 0.3) is 0 Å². The van der Waals surface area contributed by atoms with Crippen molar-refractivity contribution in [1.29, 1.82) is 0 Å². The highest BCUT2D eigenvalue weighted by atomic mass is 16.6. The molecule has 6 nitrogen and oxygen atoms in total. The summed E-state index contributed by atoms with van der Waals surface area (Å²) in [4.78, 5) is 21.9. The van der Waals surface area contributed by atoms with Crippen LogP contribution in [-0.4, -0.2) is 16.9 Å². The van der Waals surface area contributed by atoms with Gasteiger partial charge in [0.15, 0.2) is 0 Å². The fourth-order valence-electron chi connectivity index (χ4n) is 1.65. The van der Waals surface area contributed by atoms with Gasteiger partial charge in [-0.3, -0.25) is 14.9 Å². The molecule has 1 aromatic rings. The summed E-state index contributed by atoms with van der Waals surface area (Å²) in [6.45, 7) is 1.99. The van der Waals surface area contributed by atoms with Gasteiger partial charge in [0.05, 0.1) is 4.92 Å². The summed E-state index contributed by atoms with van der Waals surface area (Å²) in [5, 5.41) is 13.3. The van der Waals surface area contributed by atoms with Gasteiger partial charge in [-0.2, -0.15) is 0 Å². The van der Waals surface area contributed by atoms with Crippen molar-refractivity contribution in [2.45, 2.75) is 32.2 Å². The molecule has 0 aliphatic rings. The third-order valence-corrected chi connectivity index (χ3v) is 2.48. The zero-order valence-electron chi connectivity index (χ0n) is 10.3. The molecule has 0 radical (unpaired) electrons. The van der Waals surface area contributed by atoms with Crippen molar-refractivity contribution in [1.82, 2.24) is 0 Å². The van der Waals surface area contributed by atoms with Crippen molar-refractivity contribution in [3.8, 4) is 0 Å². The largest absolute Gasteiger partial charge is 0.327 e. The zero-order valence-corrected chi connectivity index (χ0v) is 10.3. The minimum atomic E-state index is -0.526. The normalized spacial score (nSPS) is 11.9. The number of anilines is 1. The highest BCUT2D eigenvalue weighted by molar-refractivity contribution is 5.93. The lowest BCUT2D eigenvalue weighted by atomic mass is 10.1. The number of nitrogens with two attached hydrogens (primary N) is 1. The minimum Gasteiger partial charge on any atom is -0.327 e. The lowest BCUT2D eigenvalue weighted by molar-refractivity contribution is -0.383. The van der Waals surface area contributed by atoms with Crippen LogP contribution in [0, 0.1) is 10.1 Å². The van der Waals surface area contributed by atoms with Crippen molar-refractivity contribution in [3.63, 3.8) is 0 Å². The molecule has 0 heterocycles. The molecule has 18 heavy (non-hydrogen) atoms. The maximum atomic E-state index is 11.7. The number of benzene rings is 1. The molecule has 1 aromatic carbocycles. The quantitative estimate of drug-likeness (QED) is 0.597. The number of para-hydroxylation sites is 2. The van der Waals surface area contributed by atoms with E-state index in [4.69, 9.17) is 5.73 Å². The van der Waals surface area contributed by atoms with E-state index in [9.17, 15) is 14.9 Å². The van der Waals surface area contributed by atoms with Crippen molar-refractivity contribution in [2.24, 2.45) is 5.73 Å². The van der Waals surface area contributed by atoms with Crippen LogP contribution in [0.1, 0.15) is 26.2 Å². The Morgan fingerprint density at radius 1 is 1.50 bits per heavy atom. The average Bonchev–Trinajstić information content (AvgIpc) is 2.29. The van der Waals surface area contributed by atoms with Gasteiger partial charge >= 0.3 is 0 Å². The van der Waals surface area contributed by atoms with E-state index in [0.717, 1.165) is 12.8 Å². The molecule has 1 amide bonds. The van der Waals surface area contributed by atoms with Gasteiger partial charge in [-0.15, -0.1) is 0 Å². The van der Waals surface area contributed by atoms with Crippen molar-refractivity contribution >= 4 is 17.3 Å². The van der Waals surface area contributed by atoms with E-state index in [0.29, 0.717) is 0 Å². The molecular formula is C12H17N3O3. The molecule has 0 aliphatic heterocycles. The Morgan fingerprint density at radius 2 is 2.17 bits per heavy atom. The Hall–Kier alpha value is -1.95. The molecule has 0 aromatic heterocycles. The van der Waals surface area contributed by atoms with Gasteiger partial charge in [0.25, 0.3) is 5.69 Å². The van der Waals surface area contributed by atoms with E-state index >= 15 is 0 Å². The second-order valence-corrected chi connectivity index (χ2v) is 4.08. The number of hydrogen-bond acceptors (Lipinski definition) is 4. The van der Waals surface area contributed by atoms with Gasteiger partial charge in [-0.05, 0) is 12.5 Å². The van der Waals surface area contributed by atoms with E-state index in [1.165, 1.54) is 12.1 Å². The van der Waals surface area contributed by atoms with Crippen LogP contribution < -0.4 is 11.1 Å². The number of nitrogens with zero attached hydrogens (tertiary/aromatic N) is 1. The van der Waals surface area contributed by atoms with Gasteiger partial charge in [0.2, 0.25) is 5.91 Å². The van der Waals surface area contributed by atoms with Gasteiger partial charge in [-0.25, -0.2) is 0 Å². The van der Waals surface area contributed by atoms with Crippen LogP contribution in [0.15, 0.2) is 24.3 Å². The Balaban J connectivity index is 2.67. The smallest absolute Gasteiger partial charge is 0.292 e. The molecule has 98 valence electrons. The Kier molecular flexibility index (Phi) is 5.26. The number of hydrogen-bond donors (Lipinski definition) is 2. The molecule has 3 N–H and O–H groups in total. The maximum Gasteiger partial charge on any atom is 0.292 e. The number of nitro groups is 1. The van der Waals surface area contributed by atoms with Crippen molar-refractivity contribution in [2.75, 3.05) is 5.32 Å². The average molecular weight is 251 g/mol. The summed E-state index contributed by atoms with van der Waals surface area (Å²) in [6.07, 6.45) is 1.82. The van der Waals surface area contributed by atoms with Gasteiger partial charge in [0, 0.05) is 18.5 Å². The third kappa shape index (κ3) is 4.14. The van der Waals surface area contributed by atoms with Crippen LogP contribution in [0.2, 0.25) is 0 Å². The number of nitrogens with one attached hydrogen (secondary N) is 1. The minimum absolute atomic E-state index is 0.116. The van der Waals surface area contributed by atoms with Crippen LogP contribution in [0.5, 0.6) is 0 Å². The van der Waals surface area contributed by atoms with E-state index in [1.54, 1.807) is 12.1 Å². The summed E-state index contributed by atoms with van der Waals surface area (Å²) < 4.78 is 0. The Labute approximate surface area is 105 Å². The Bertz CT molecular complexity index is 434. The molecule has 1 unspecified atom stereocenters. The SMILES string of the molecule is CCCC(N)CC(=O)Nc1ccccc1[N+](=O)[O-]. The second-order valence-electron chi connectivity index (χ2n) is 4.08. The standard InChI is InChI=1S/C12H17N3O3/c1-2-5-9(13)8-12(16)14-10-6-3-4-7-11(10)15(17)18/h3-4,6-7,9H,2,5,8,13H2,1H3,(H,14,16). The van der Waals surface area contributed by atoms with Crippen molar-refractivity contribution in [3.05, 3.63) is 34.4 Å². The van der Waals surface area contributed by atoms with E-state index in [1.807, 2.05) is 6.92 Å². The molecule has 0 saturated carbocycles. The predicted octanol–water partition coefficient (Wildman–Crippen LogP) is 2.05. The van der Waals surface area contributed by atoms with Crippen LogP contribution in [0.3, 0.4) is 0 Å². The fraction of sp³-hybridized carbons (Fsp3) is 0.417. The number of carbonyl (C=O) groups excluding carboxylic acids is 1. The van der Waals surface area contributed by atoms with E-state index in [-0.39, 0.29) is 29.7 Å². The predicted molar refractivity (Wildman–Crippen MR) is 69.2 cm³/mol. The molecule has 6 heteroatoms. The van der Waals surface area contributed by atoms with Gasteiger partial charge < -0.3 is 11.1 Å². The molecule has 0 bridgehead atoms. The Morgan fingerprint density at radius 3 is 2.78 bits per heavy atom. The van der Waals surface area contributed by atoms with Crippen LogP contribution in [-0.2, 0) is 4.79 Å². The second kappa shape index (κ2) is 6.70. The first-order chi connectivity index (χ1) is 8.54. The maximum absolute atomic E-state index is 11.7. The van der Waals surface area contributed by atoms with E-state index in [2.05, 4.69) is 5.32 Å². The summed E-state index contributed by atoms with van der Waals surface area (Å²) in [7, 11) is 0. The number of amides is 1. The molecule has 0 fully saturated rings. The molecule has 1 rings (SSSR count). The van der Waals surface area contributed by atoms with Gasteiger partial charge in [-0.1, -0.05) is 25.5 Å². The molecule has 0 aliphatic carbocycles. The highest BCUT2D eigenvalue weighted by Crippen LogP contribution is 2.23. The summed E-state index contributed by atoms with van der Waals surface area (Å²) in [5.41, 5.74) is 5.83. The van der Waals surface area contributed by atoms with Crippen LogP contribution in [0.4, 0.5) is 11.4 Å². The zero-order chi connectivity index (χ0) is 13.5. The molecular weight excluding hydrogens is 234 g/mol. The topological polar surface area (TPSA) is 98.3 Å². The molecule has 0 spiro atoms. The first kappa shape index (κ1) is 14.1. The first-order valence-corrected chi connectivity index (χ1v) is 5.83. The number of rotatable bonds is 6. The van der Waals surface area contributed by atoms with E-state index < -0.39 is 4.92 Å². The lowest BCUT2D eigenvalue weighted by Gasteiger charge is -2.10. The number of carbonyl (C=O) groups is 1. The first-order valence-electron chi connectivity index (χ1n) is 5.83. The number of nitro benzene ring substituents is 1. The summed E-state index contributed by atoms with van der Waals surface area (Å²) in [6, 6.07) is 5.83. The molecule has 0 saturated heterocycles. The monoisotopic (exact) mass is 251 g/mol. The highest BCUT2D eigenvalue weighted by Gasteiger charge is 2.15. The molecule has 1 atom stereocenters.